The Bertz CT molecular complexity index is 671. The molecular weight excluding hydrogens is 240 g/mol. The Labute approximate surface area is 111 Å². The molecule has 0 spiro atoms. The van der Waals surface area contributed by atoms with E-state index >= 15 is 0 Å². The Balaban J connectivity index is 2.00. The van der Waals surface area contributed by atoms with Gasteiger partial charge in [0.05, 0.1) is 17.7 Å². The summed E-state index contributed by atoms with van der Waals surface area (Å²) in [6.07, 6.45) is 2.44. The number of esters is 1. The van der Waals surface area contributed by atoms with Gasteiger partial charge in [-0.25, -0.2) is 4.79 Å². The van der Waals surface area contributed by atoms with Crippen LogP contribution in [0, 0.1) is 0 Å². The number of nitrogens with zero attached hydrogens (tertiary/aromatic N) is 1. The molecule has 0 saturated carbocycles. The van der Waals surface area contributed by atoms with Crippen molar-refractivity contribution in [3.63, 3.8) is 0 Å². The topological polar surface area (TPSA) is 51.2 Å². The van der Waals surface area contributed by atoms with Gasteiger partial charge >= 0.3 is 5.97 Å². The first-order chi connectivity index (χ1) is 9.25. The number of anilines is 1. The molecule has 19 heavy (non-hydrogen) atoms. The maximum Gasteiger partial charge on any atom is 0.335 e. The van der Waals surface area contributed by atoms with E-state index in [1.165, 1.54) is 0 Å². The molecule has 1 aliphatic heterocycles. The molecule has 96 valence electrons. The summed E-state index contributed by atoms with van der Waals surface area (Å²) in [7, 11) is 0. The summed E-state index contributed by atoms with van der Waals surface area (Å²) in [4.78, 5) is 15.9. The van der Waals surface area contributed by atoms with Crippen molar-refractivity contribution >= 4 is 22.6 Å². The third-order valence-electron chi connectivity index (χ3n) is 3.25. The SMILES string of the molecule is C/C(Nc1cccc2ncccc12)=C1/CCOC1=O. The standard InChI is InChI=1S/C15H14N2O2/c1-10(11-7-9-19-15(11)18)17-14-6-2-5-13-12(14)4-3-8-16-13/h2-6,8,17H,7,9H2,1H3/b11-10+. The zero-order valence-corrected chi connectivity index (χ0v) is 10.6. The highest BCUT2D eigenvalue weighted by Crippen LogP contribution is 2.25. The molecule has 1 fully saturated rings. The zero-order chi connectivity index (χ0) is 13.2. The van der Waals surface area contributed by atoms with Gasteiger partial charge in [-0.15, -0.1) is 0 Å². The van der Waals surface area contributed by atoms with Crippen LogP contribution < -0.4 is 5.32 Å². The van der Waals surface area contributed by atoms with E-state index in [0.29, 0.717) is 13.0 Å². The van der Waals surface area contributed by atoms with Gasteiger partial charge in [-0.05, 0) is 31.2 Å². The van der Waals surface area contributed by atoms with Crippen molar-refractivity contribution in [2.45, 2.75) is 13.3 Å². The van der Waals surface area contributed by atoms with Crippen LogP contribution in [0.1, 0.15) is 13.3 Å². The Morgan fingerprint density at radius 3 is 3.00 bits per heavy atom. The highest BCUT2D eigenvalue weighted by Gasteiger charge is 2.21. The molecule has 0 aliphatic carbocycles. The normalized spacial score (nSPS) is 17.4. The minimum absolute atomic E-state index is 0.219. The highest BCUT2D eigenvalue weighted by molar-refractivity contribution is 5.94. The minimum Gasteiger partial charge on any atom is -0.462 e. The van der Waals surface area contributed by atoms with Crippen molar-refractivity contribution in [3.05, 3.63) is 47.8 Å². The van der Waals surface area contributed by atoms with Crippen LogP contribution in [-0.4, -0.2) is 17.6 Å². The molecule has 1 aromatic carbocycles. The molecule has 4 heteroatoms. The number of fused-ring (bicyclic) bond motifs is 1. The number of rotatable bonds is 2. The lowest BCUT2D eigenvalue weighted by molar-refractivity contribution is -0.135. The van der Waals surface area contributed by atoms with Crippen molar-refractivity contribution in [1.82, 2.24) is 4.98 Å². The van der Waals surface area contributed by atoms with Crippen LogP contribution in [0.25, 0.3) is 10.9 Å². The molecule has 0 bridgehead atoms. The third kappa shape index (κ3) is 2.17. The molecule has 0 unspecified atom stereocenters. The Kier molecular flexibility index (Phi) is 2.91. The van der Waals surface area contributed by atoms with Gasteiger partial charge in [-0.1, -0.05) is 6.07 Å². The zero-order valence-electron chi connectivity index (χ0n) is 10.6. The van der Waals surface area contributed by atoms with Crippen LogP contribution in [0.5, 0.6) is 0 Å². The predicted molar refractivity (Wildman–Crippen MR) is 73.6 cm³/mol. The van der Waals surface area contributed by atoms with E-state index in [1.807, 2.05) is 37.3 Å². The molecule has 1 saturated heterocycles. The Hall–Kier alpha value is -2.36. The Morgan fingerprint density at radius 2 is 2.21 bits per heavy atom. The van der Waals surface area contributed by atoms with E-state index in [9.17, 15) is 4.79 Å². The summed E-state index contributed by atoms with van der Waals surface area (Å²) in [5.74, 6) is -0.219. The fourth-order valence-electron chi connectivity index (χ4n) is 2.27. The molecular formula is C15H14N2O2. The maximum atomic E-state index is 11.5. The van der Waals surface area contributed by atoms with E-state index < -0.39 is 0 Å². The molecule has 2 aromatic rings. The second-order valence-electron chi connectivity index (χ2n) is 4.49. The van der Waals surface area contributed by atoms with Crippen molar-refractivity contribution in [3.8, 4) is 0 Å². The molecule has 0 radical (unpaired) electrons. The summed E-state index contributed by atoms with van der Waals surface area (Å²) in [6.45, 7) is 2.38. The van der Waals surface area contributed by atoms with Gasteiger partial charge in [0.25, 0.3) is 0 Å². The van der Waals surface area contributed by atoms with E-state index in [0.717, 1.165) is 27.9 Å². The van der Waals surface area contributed by atoms with E-state index in [1.54, 1.807) is 6.20 Å². The lowest BCUT2D eigenvalue weighted by atomic mass is 10.1. The molecule has 0 atom stereocenters. The fourth-order valence-corrected chi connectivity index (χ4v) is 2.27. The van der Waals surface area contributed by atoms with Crippen molar-refractivity contribution in [2.24, 2.45) is 0 Å². The van der Waals surface area contributed by atoms with Gasteiger partial charge in [0, 0.05) is 29.4 Å². The largest absolute Gasteiger partial charge is 0.462 e. The monoisotopic (exact) mass is 254 g/mol. The number of hydrogen-bond donors (Lipinski definition) is 1. The van der Waals surface area contributed by atoms with Gasteiger partial charge in [0.1, 0.15) is 0 Å². The van der Waals surface area contributed by atoms with Gasteiger partial charge in [0.2, 0.25) is 0 Å². The molecule has 3 rings (SSSR count). The summed E-state index contributed by atoms with van der Waals surface area (Å²) >= 11 is 0. The van der Waals surface area contributed by atoms with Crippen molar-refractivity contribution in [2.75, 3.05) is 11.9 Å². The number of pyridine rings is 1. The quantitative estimate of drug-likeness (QED) is 0.661. The van der Waals surface area contributed by atoms with E-state index in [4.69, 9.17) is 4.74 Å². The predicted octanol–water partition coefficient (Wildman–Crippen LogP) is 2.87. The maximum absolute atomic E-state index is 11.5. The van der Waals surface area contributed by atoms with Crippen LogP contribution in [0.2, 0.25) is 0 Å². The lowest BCUT2D eigenvalue weighted by Gasteiger charge is -2.10. The lowest BCUT2D eigenvalue weighted by Crippen LogP contribution is -2.05. The molecule has 4 nitrogen and oxygen atoms in total. The van der Waals surface area contributed by atoms with E-state index in [2.05, 4.69) is 10.3 Å². The average Bonchev–Trinajstić information content (AvgIpc) is 2.85. The number of benzene rings is 1. The molecule has 1 aliphatic rings. The van der Waals surface area contributed by atoms with Crippen LogP contribution in [0.15, 0.2) is 47.8 Å². The number of cyclic esters (lactones) is 1. The smallest absolute Gasteiger partial charge is 0.335 e. The number of carbonyl (C=O) groups excluding carboxylic acids is 1. The molecule has 1 N–H and O–H groups in total. The third-order valence-corrected chi connectivity index (χ3v) is 3.25. The van der Waals surface area contributed by atoms with Crippen LogP contribution in [0.3, 0.4) is 0 Å². The van der Waals surface area contributed by atoms with Gasteiger partial charge in [-0.3, -0.25) is 4.98 Å². The summed E-state index contributed by atoms with van der Waals surface area (Å²) in [5.41, 5.74) is 3.45. The van der Waals surface area contributed by atoms with Gasteiger partial charge < -0.3 is 10.1 Å². The number of nitrogens with one attached hydrogen (secondary N) is 1. The number of aromatic nitrogens is 1. The minimum atomic E-state index is -0.219. The number of hydrogen-bond acceptors (Lipinski definition) is 4. The first-order valence-corrected chi connectivity index (χ1v) is 6.23. The van der Waals surface area contributed by atoms with Crippen molar-refractivity contribution in [1.29, 1.82) is 0 Å². The number of allylic oxidation sites excluding steroid dienone is 1. The molecule has 1 aromatic heterocycles. The summed E-state index contributed by atoms with van der Waals surface area (Å²) < 4.78 is 4.96. The van der Waals surface area contributed by atoms with Gasteiger partial charge in [0.15, 0.2) is 0 Å². The van der Waals surface area contributed by atoms with Crippen molar-refractivity contribution < 1.29 is 9.53 Å². The second kappa shape index (κ2) is 4.72. The average molecular weight is 254 g/mol. The number of carbonyl (C=O) groups is 1. The first-order valence-electron chi connectivity index (χ1n) is 6.23. The Morgan fingerprint density at radius 1 is 1.32 bits per heavy atom. The number of ether oxygens (including phenoxy) is 1. The molecule has 2 heterocycles. The molecule has 0 amide bonds. The van der Waals surface area contributed by atoms with Crippen LogP contribution in [-0.2, 0) is 9.53 Å². The summed E-state index contributed by atoms with van der Waals surface area (Å²) in [5, 5.41) is 4.33. The second-order valence-corrected chi connectivity index (χ2v) is 4.49. The summed E-state index contributed by atoms with van der Waals surface area (Å²) in [6, 6.07) is 9.80. The first kappa shape index (κ1) is 11.7. The van der Waals surface area contributed by atoms with E-state index in [-0.39, 0.29) is 5.97 Å². The van der Waals surface area contributed by atoms with Crippen LogP contribution >= 0.6 is 0 Å². The van der Waals surface area contributed by atoms with Gasteiger partial charge in [-0.2, -0.15) is 0 Å². The fraction of sp³-hybridized carbons (Fsp3) is 0.200. The van der Waals surface area contributed by atoms with Crippen LogP contribution in [0.4, 0.5) is 5.69 Å². The highest BCUT2D eigenvalue weighted by atomic mass is 16.5.